The fourth-order valence-electron chi connectivity index (χ4n) is 2.62. The second-order valence-corrected chi connectivity index (χ2v) is 8.07. The number of aliphatic hydroxyl groups is 2. The van der Waals surface area contributed by atoms with Gasteiger partial charge in [0, 0.05) is 11.3 Å². The number of hydrogen-bond donors (Lipinski definition) is 2. The molecule has 0 aliphatic heterocycles. The molecule has 1 atom stereocenters. The molecule has 2 rings (SSSR count). The lowest BCUT2D eigenvalue weighted by atomic mass is 9.78. The minimum Gasteiger partial charge on any atom is -0.492 e. The Bertz CT molecular complexity index is 719. The molecule has 0 spiro atoms. The Morgan fingerprint density at radius 2 is 1.74 bits per heavy atom. The number of ether oxygens (including phenoxy) is 2. The van der Waals surface area contributed by atoms with Gasteiger partial charge in [-0.3, -0.25) is 0 Å². The molecule has 2 aromatic rings. The Morgan fingerprint density at radius 3 is 2.33 bits per heavy atom. The molecule has 0 heterocycles. The van der Waals surface area contributed by atoms with Crippen molar-refractivity contribution in [2.75, 3.05) is 25.7 Å². The van der Waals surface area contributed by atoms with Crippen molar-refractivity contribution < 1.29 is 19.7 Å². The molecule has 0 aliphatic carbocycles. The first-order chi connectivity index (χ1) is 12.9. The second-order valence-electron chi connectivity index (χ2n) is 6.83. The molecule has 0 fully saturated rings. The van der Waals surface area contributed by atoms with Crippen molar-refractivity contribution in [3.8, 4) is 11.5 Å². The zero-order chi connectivity index (χ0) is 19.9. The van der Waals surface area contributed by atoms with E-state index in [1.165, 1.54) is 0 Å². The highest BCUT2D eigenvalue weighted by molar-refractivity contribution is 9.10. The Labute approximate surface area is 174 Å². The summed E-state index contributed by atoms with van der Waals surface area (Å²) in [5.74, 6) is 2.05. The molecule has 6 heteroatoms. The van der Waals surface area contributed by atoms with Crippen LogP contribution in [0.1, 0.15) is 31.4 Å². The average Bonchev–Trinajstić information content (AvgIpc) is 2.67. The molecule has 0 aromatic heterocycles. The first kappa shape index (κ1) is 22.0. The topological polar surface area (TPSA) is 58.9 Å². The minimum absolute atomic E-state index is 0.0668. The van der Waals surface area contributed by atoms with Crippen LogP contribution in [0.15, 0.2) is 46.9 Å². The van der Waals surface area contributed by atoms with Crippen LogP contribution < -0.4 is 9.47 Å². The van der Waals surface area contributed by atoms with Crippen LogP contribution in [0.2, 0.25) is 0 Å². The zero-order valence-electron chi connectivity index (χ0n) is 15.6. The first-order valence-electron chi connectivity index (χ1n) is 8.89. The van der Waals surface area contributed by atoms with Gasteiger partial charge in [0.25, 0.3) is 0 Å². The Morgan fingerprint density at radius 1 is 1.07 bits per heavy atom. The summed E-state index contributed by atoms with van der Waals surface area (Å²) in [7, 11) is 0. The van der Waals surface area contributed by atoms with Crippen LogP contribution in [-0.4, -0.2) is 42.0 Å². The van der Waals surface area contributed by atoms with Crippen molar-refractivity contribution in [3.05, 3.63) is 58.1 Å². The van der Waals surface area contributed by atoms with E-state index in [4.69, 9.17) is 26.2 Å². The van der Waals surface area contributed by atoms with E-state index in [9.17, 15) is 5.11 Å². The smallest absolute Gasteiger partial charge is 0.133 e. The Hall–Kier alpha value is -1.27. The van der Waals surface area contributed by atoms with Gasteiger partial charge in [-0.25, -0.2) is 0 Å². The summed E-state index contributed by atoms with van der Waals surface area (Å²) in [5, 5.41) is 18.2. The maximum atomic E-state index is 9.37. The van der Waals surface area contributed by atoms with Gasteiger partial charge in [-0.2, -0.15) is 0 Å². The quantitative estimate of drug-likeness (QED) is 0.407. The molecule has 27 heavy (non-hydrogen) atoms. The third-order valence-corrected chi connectivity index (χ3v) is 5.31. The molecule has 0 aliphatic rings. The van der Waals surface area contributed by atoms with E-state index in [1.54, 1.807) is 0 Å². The monoisotopic (exact) mass is 456 g/mol. The van der Waals surface area contributed by atoms with Gasteiger partial charge >= 0.3 is 0 Å². The van der Waals surface area contributed by atoms with Gasteiger partial charge < -0.3 is 19.7 Å². The molecular weight excluding hydrogens is 432 g/mol. The largest absolute Gasteiger partial charge is 0.492 e. The molecular formula is C21H26BrClO4. The third-order valence-electron chi connectivity index (χ3n) is 4.42. The van der Waals surface area contributed by atoms with E-state index in [0.29, 0.717) is 18.2 Å². The van der Waals surface area contributed by atoms with Crippen LogP contribution in [-0.2, 0) is 5.41 Å². The standard InChI is InChI=1S/C21H26BrClO4/c1-21(2,15-4-7-18(8-5-15)27-14-17(25)13-24)16-6-9-20(19(22)12-16)26-11-3-10-23/h4-9,12,17,24-25H,3,10-11,13-14H2,1-2H3. The molecule has 4 nitrogen and oxygen atoms in total. The van der Waals surface area contributed by atoms with E-state index in [-0.39, 0.29) is 18.6 Å². The molecule has 2 aromatic carbocycles. The summed E-state index contributed by atoms with van der Waals surface area (Å²) < 4.78 is 12.1. The van der Waals surface area contributed by atoms with Crippen LogP contribution in [0, 0.1) is 0 Å². The number of benzene rings is 2. The predicted octanol–water partition coefficient (Wildman–Crippen LogP) is 4.51. The lowest BCUT2D eigenvalue weighted by Crippen LogP contribution is -2.21. The summed E-state index contributed by atoms with van der Waals surface area (Å²) in [5.41, 5.74) is 2.09. The lowest BCUT2D eigenvalue weighted by molar-refractivity contribution is 0.0536. The van der Waals surface area contributed by atoms with Crippen molar-refractivity contribution >= 4 is 27.5 Å². The summed E-state index contributed by atoms with van der Waals surface area (Å²) in [6.45, 7) is 4.67. The fourth-order valence-corrected chi connectivity index (χ4v) is 3.23. The van der Waals surface area contributed by atoms with Crippen molar-refractivity contribution in [2.24, 2.45) is 0 Å². The highest BCUT2D eigenvalue weighted by Crippen LogP contribution is 2.36. The van der Waals surface area contributed by atoms with Crippen LogP contribution in [0.3, 0.4) is 0 Å². The molecule has 1 unspecified atom stereocenters. The van der Waals surface area contributed by atoms with Crippen molar-refractivity contribution in [1.82, 2.24) is 0 Å². The van der Waals surface area contributed by atoms with Gasteiger partial charge in [-0.15, -0.1) is 11.6 Å². The van der Waals surface area contributed by atoms with Crippen molar-refractivity contribution in [2.45, 2.75) is 31.8 Å². The number of halogens is 2. The minimum atomic E-state index is -0.872. The summed E-state index contributed by atoms with van der Waals surface area (Å²) >= 11 is 9.28. The molecule has 0 bridgehead atoms. The summed E-state index contributed by atoms with van der Waals surface area (Å²) in [4.78, 5) is 0. The van der Waals surface area contributed by atoms with Crippen LogP contribution in [0.5, 0.6) is 11.5 Å². The summed E-state index contributed by atoms with van der Waals surface area (Å²) in [6, 6.07) is 13.9. The molecule has 0 saturated heterocycles. The maximum absolute atomic E-state index is 9.37. The third kappa shape index (κ3) is 6.11. The Kier molecular flexibility index (Phi) is 8.42. The number of alkyl halides is 1. The van der Waals surface area contributed by atoms with E-state index in [1.807, 2.05) is 30.3 Å². The molecule has 0 saturated carbocycles. The van der Waals surface area contributed by atoms with Crippen molar-refractivity contribution in [3.63, 3.8) is 0 Å². The number of aliphatic hydroxyl groups excluding tert-OH is 2. The second kappa shape index (κ2) is 10.3. The summed E-state index contributed by atoms with van der Waals surface area (Å²) in [6.07, 6.45) is -0.0611. The van der Waals surface area contributed by atoms with Gasteiger partial charge in [0.15, 0.2) is 0 Å². The van der Waals surface area contributed by atoms with Gasteiger partial charge in [-0.05, 0) is 57.7 Å². The number of hydrogen-bond acceptors (Lipinski definition) is 4. The SMILES string of the molecule is CC(C)(c1ccc(OCC(O)CO)cc1)c1ccc(OCCCCl)c(Br)c1. The van der Waals surface area contributed by atoms with Gasteiger partial charge in [-0.1, -0.05) is 32.0 Å². The van der Waals surface area contributed by atoms with Crippen LogP contribution >= 0.6 is 27.5 Å². The lowest BCUT2D eigenvalue weighted by Gasteiger charge is -2.27. The molecule has 2 N–H and O–H groups in total. The highest BCUT2D eigenvalue weighted by Gasteiger charge is 2.24. The zero-order valence-corrected chi connectivity index (χ0v) is 18.0. The van der Waals surface area contributed by atoms with E-state index in [0.717, 1.165) is 27.8 Å². The normalized spacial score (nSPS) is 12.7. The maximum Gasteiger partial charge on any atom is 0.133 e. The van der Waals surface area contributed by atoms with E-state index < -0.39 is 6.10 Å². The Balaban J connectivity index is 2.11. The van der Waals surface area contributed by atoms with Gasteiger partial charge in [0.1, 0.15) is 24.2 Å². The van der Waals surface area contributed by atoms with Gasteiger partial charge in [0.2, 0.25) is 0 Å². The first-order valence-corrected chi connectivity index (χ1v) is 10.2. The molecule has 0 radical (unpaired) electrons. The fraction of sp³-hybridized carbons (Fsp3) is 0.429. The van der Waals surface area contributed by atoms with E-state index >= 15 is 0 Å². The van der Waals surface area contributed by atoms with E-state index in [2.05, 4.69) is 41.9 Å². The van der Waals surface area contributed by atoms with Crippen LogP contribution in [0.4, 0.5) is 0 Å². The van der Waals surface area contributed by atoms with Crippen LogP contribution in [0.25, 0.3) is 0 Å². The number of rotatable bonds is 10. The molecule has 0 amide bonds. The van der Waals surface area contributed by atoms with Gasteiger partial charge in [0.05, 0.1) is 17.7 Å². The highest BCUT2D eigenvalue weighted by atomic mass is 79.9. The van der Waals surface area contributed by atoms with Crippen molar-refractivity contribution in [1.29, 1.82) is 0 Å². The molecule has 148 valence electrons. The predicted molar refractivity (Wildman–Crippen MR) is 112 cm³/mol. The average molecular weight is 458 g/mol.